The molecule has 0 aliphatic carbocycles. The first-order valence-corrected chi connectivity index (χ1v) is 18.8. The minimum absolute atomic E-state index is 0.910. The van der Waals surface area contributed by atoms with Gasteiger partial charge in [0.15, 0.2) is 0 Å². The number of thiophene rings is 1. The molecule has 0 bridgehead atoms. The van der Waals surface area contributed by atoms with Crippen LogP contribution in [0.2, 0.25) is 0 Å². The van der Waals surface area contributed by atoms with Gasteiger partial charge in [-0.2, -0.15) is 0 Å². The summed E-state index contributed by atoms with van der Waals surface area (Å²) in [6.07, 6.45) is 0. The van der Waals surface area contributed by atoms with Gasteiger partial charge in [-0.1, -0.05) is 133 Å². The number of hydrogen-bond donors (Lipinski definition) is 0. The molecule has 0 saturated heterocycles. The molecule has 11 rings (SSSR count). The molecular formula is C50H31NOS. The third-order valence-electron chi connectivity index (χ3n) is 10.6. The van der Waals surface area contributed by atoms with E-state index < -0.39 is 0 Å². The Balaban J connectivity index is 1.07. The van der Waals surface area contributed by atoms with Crippen molar-refractivity contribution in [3.63, 3.8) is 0 Å². The molecule has 2 heterocycles. The molecule has 53 heavy (non-hydrogen) atoms. The molecule has 0 unspecified atom stereocenters. The molecular weight excluding hydrogens is 663 g/mol. The van der Waals surface area contributed by atoms with Crippen LogP contribution in [0.25, 0.3) is 85.9 Å². The van der Waals surface area contributed by atoms with Gasteiger partial charge in [-0.25, -0.2) is 0 Å². The molecule has 0 saturated carbocycles. The van der Waals surface area contributed by atoms with Crippen molar-refractivity contribution in [1.29, 1.82) is 0 Å². The van der Waals surface area contributed by atoms with E-state index in [2.05, 4.69) is 193 Å². The van der Waals surface area contributed by atoms with Crippen LogP contribution in [0.15, 0.2) is 192 Å². The molecule has 0 radical (unpaired) electrons. The van der Waals surface area contributed by atoms with Gasteiger partial charge in [-0.15, -0.1) is 11.3 Å². The Bertz CT molecular complexity index is 3160. The molecule has 0 aliphatic heterocycles. The number of furan rings is 1. The van der Waals surface area contributed by atoms with E-state index >= 15 is 0 Å². The first kappa shape index (κ1) is 30.0. The highest BCUT2D eigenvalue weighted by Crippen LogP contribution is 2.47. The second-order valence-corrected chi connectivity index (χ2v) is 14.7. The third kappa shape index (κ3) is 4.78. The van der Waals surface area contributed by atoms with E-state index in [1.54, 1.807) is 0 Å². The van der Waals surface area contributed by atoms with Gasteiger partial charge in [0.1, 0.15) is 11.2 Å². The molecule has 0 N–H and O–H groups in total. The number of fused-ring (bicyclic) bond motifs is 9. The third-order valence-corrected chi connectivity index (χ3v) is 11.7. The quantitative estimate of drug-likeness (QED) is 0.178. The van der Waals surface area contributed by atoms with Crippen molar-refractivity contribution < 1.29 is 4.42 Å². The average Bonchev–Trinajstić information content (AvgIpc) is 3.79. The highest BCUT2D eigenvalue weighted by molar-refractivity contribution is 7.26. The van der Waals surface area contributed by atoms with Crippen molar-refractivity contribution in [3.05, 3.63) is 188 Å². The van der Waals surface area contributed by atoms with Gasteiger partial charge in [0.05, 0.1) is 5.69 Å². The molecule has 0 amide bonds. The molecule has 0 spiro atoms. The lowest BCUT2D eigenvalue weighted by Gasteiger charge is -2.26. The molecule has 0 aliphatic rings. The van der Waals surface area contributed by atoms with E-state index in [4.69, 9.17) is 4.42 Å². The Morgan fingerprint density at radius 3 is 1.81 bits per heavy atom. The Morgan fingerprint density at radius 1 is 0.377 bits per heavy atom. The molecule has 2 nitrogen and oxygen atoms in total. The first-order valence-electron chi connectivity index (χ1n) is 18.0. The zero-order valence-corrected chi connectivity index (χ0v) is 29.5. The number of nitrogens with zero attached hydrogens (tertiary/aromatic N) is 1. The fourth-order valence-electron chi connectivity index (χ4n) is 8.18. The number of rotatable bonds is 5. The monoisotopic (exact) mass is 693 g/mol. The predicted molar refractivity (Wildman–Crippen MR) is 227 cm³/mol. The van der Waals surface area contributed by atoms with E-state index in [9.17, 15) is 0 Å². The molecule has 2 aromatic heterocycles. The van der Waals surface area contributed by atoms with Gasteiger partial charge in [-0.3, -0.25) is 0 Å². The zero-order valence-electron chi connectivity index (χ0n) is 28.7. The van der Waals surface area contributed by atoms with E-state index in [1.165, 1.54) is 53.1 Å². The molecule has 11 aromatic rings. The number of para-hydroxylation sites is 2. The summed E-state index contributed by atoms with van der Waals surface area (Å²) in [4.78, 5) is 2.40. The maximum absolute atomic E-state index is 6.86. The summed E-state index contributed by atoms with van der Waals surface area (Å²) in [5.41, 5.74) is 9.85. The zero-order chi connectivity index (χ0) is 34.9. The van der Waals surface area contributed by atoms with Crippen LogP contribution in [0, 0.1) is 0 Å². The molecule has 248 valence electrons. The maximum Gasteiger partial charge on any atom is 0.143 e. The van der Waals surface area contributed by atoms with Gasteiger partial charge >= 0.3 is 0 Å². The second kappa shape index (κ2) is 11.9. The van der Waals surface area contributed by atoms with E-state index in [1.807, 2.05) is 11.3 Å². The fraction of sp³-hybridized carbons (Fsp3) is 0. The highest BCUT2D eigenvalue weighted by atomic mass is 32.1. The summed E-state index contributed by atoms with van der Waals surface area (Å²) in [5.74, 6) is 0. The standard InChI is InChI=1S/C50H31NOS/c1-3-13-32(14-4-1)42-31-43-41-22-11-21-38(49(41)52-50(43)40-20-10-9-19-39(40)42)33-25-27-37(28-26-33)51(36-17-5-2-6-18-36)45-23-12-24-46-48(45)44-29-34-15-7-8-16-35(34)30-47(44)53-46/h1-31H. The van der Waals surface area contributed by atoms with Crippen LogP contribution in [-0.4, -0.2) is 0 Å². The molecule has 0 fully saturated rings. The van der Waals surface area contributed by atoms with Crippen LogP contribution in [0.4, 0.5) is 17.1 Å². The van der Waals surface area contributed by atoms with Gasteiger partial charge < -0.3 is 9.32 Å². The minimum Gasteiger partial charge on any atom is -0.455 e. The number of benzene rings is 9. The van der Waals surface area contributed by atoms with E-state index in [0.717, 1.165) is 49.8 Å². The Hall–Kier alpha value is -6.68. The maximum atomic E-state index is 6.86. The average molecular weight is 694 g/mol. The Morgan fingerprint density at radius 2 is 1.00 bits per heavy atom. The first-order chi connectivity index (χ1) is 26.3. The van der Waals surface area contributed by atoms with Gasteiger partial charge in [0, 0.05) is 53.3 Å². The molecule has 9 aromatic carbocycles. The van der Waals surface area contributed by atoms with Crippen LogP contribution in [0.3, 0.4) is 0 Å². The summed E-state index contributed by atoms with van der Waals surface area (Å²) < 4.78 is 9.45. The van der Waals surface area contributed by atoms with Crippen molar-refractivity contribution in [2.24, 2.45) is 0 Å². The van der Waals surface area contributed by atoms with Crippen molar-refractivity contribution in [3.8, 4) is 22.3 Å². The van der Waals surface area contributed by atoms with Crippen LogP contribution in [0.1, 0.15) is 0 Å². The van der Waals surface area contributed by atoms with Crippen LogP contribution in [-0.2, 0) is 0 Å². The summed E-state index contributed by atoms with van der Waals surface area (Å²) >= 11 is 1.86. The lowest BCUT2D eigenvalue weighted by atomic mass is 9.95. The van der Waals surface area contributed by atoms with Crippen LogP contribution in [0.5, 0.6) is 0 Å². The molecule has 0 atom stereocenters. The largest absolute Gasteiger partial charge is 0.455 e. The lowest BCUT2D eigenvalue weighted by molar-refractivity contribution is 0.674. The van der Waals surface area contributed by atoms with E-state index in [-0.39, 0.29) is 0 Å². The van der Waals surface area contributed by atoms with Crippen LogP contribution >= 0.6 is 11.3 Å². The minimum atomic E-state index is 0.910. The van der Waals surface area contributed by atoms with Gasteiger partial charge in [-0.05, 0) is 87.4 Å². The van der Waals surface area contributed by atoms with Crippen molar-refractivity contribution in [2.45, 2.75) is 0 Å². The number of hydrogen-bond acceptors (Lipinski definition) is 3. The lowest BCUT2D eigenvalue weighted by Crippen LogP contribution is -2.10. The normalized spacial score (nSPS) is 11.8. The van der Waals surface area contributed by atoms with Gasteiger partial charge in [0.2, 0.25) is 0 Å². The second-order valence-electron chi connectivity index (χ2n) is 13.7. The van der Waals surface area contributed by atoms with Gasteiger partial charge in [0.25, 0.3) is 0 Å². The summed E-state index contributed by atoms with van der Waals surface area (Å²) in [6, 6.07) is 67.8. The van der Waals surface area contributed by atoms with Crippen molar-refractivity contribution >= 4 is 92.1 Å². The fourth-order valence-corrected chi connectivity index (χ4v) is 9.33. The Kier molecular flexibility index (Phi) is 6.76. The highest BCUT2D eigenvalue weighted by Gasteiger charge is 2.20. The number of anilines is 3. The van der Waals surface area contributed by atoms with Crippen LogP contribution < -0.4 is 4.90 Å². The summed E-state index contributed by atoms with van der Waals surface area (Å²) in [7, 11) is 0. The van der Waals surface area contributed by atoms with E-state index in [0.29, 0.717) is 0 Å². The summed E-state index contributed by atoms with van der Waals surface area (Å²) in [5, 5.41) is 9.68. The Labute approximate surface area is 310 Å². The molecule has 3 heteroatoms. The predicted octanol–water partition coefficient (Wildman–Crippen LogP) is 15.1. The summed E-state index contributed by atoms with van der Waals surface area (Å²) in [6.45, 7) is 0. The van der Waals surface area contributed by atoms with Crippen molar-refractivity contribution in [2.75, 3.05) is 4.90 Å². The smallest absolute Gasteiger partial charge is 0.143 e. The van der Waals surface area contributed by atoms with Crippen molar-refractivity contribution in [1.82, 2.24) is 0 Å². The SMILES string of the molecule is c1ccc(-c2cc3c4cccc(-c5ccc(N(c6ccccc6)c6cccc7sc8cc9ccccc9cc8c67)cc5)c4oc3c3ccccc23)cc1. The topological polar surface area (TPSA) is 16.4 Å².